The Kier molecular flexibility index (Phi) is 7.82. The molecular weight excluding hydrogens is 300 g/mol. The Hall–Kier alpha value is -1.14. The van der Waals surface area contributed by atoms with Crippen molar-refractivity contribution in [2.45, 2.75) is 82.2 Å². The van der Waals surface area contributed by atoms with Crippen molar-refractivity contribution in [2.24, 2.45) is 0 Å². The van der Waals surface area contributed by atoms with Gasteiger partial charge in [-0.05, 0) is 25.7 Å². The van der Waals surface area contributed by atoms with Gasteiger partial charge in [0.2, 0.25) is 0 Å². The van der Waals surface area contributed by atoms with Gasteiger partial charge in [-0.15, -0.1) is 0 Å². The Morgan fingerprint density at radius 3 is 1.96 bits per heavy atom. The van der Waals surface area contributed by atoms with Crippen LogP contribution in [0.25, 0.3) is 0 Å². The molecule has 0 aromatic carbocycles. The molecule has 2 aliphatic carbocycles. The smallest absolute Gasteiger partial charge is 0.295 e. The highest BCUT2D eigenvalue weighted by molar-refractivity contribution is 5.39. The first-order valence-corrected chi connectivity index (χ1v) is 8.74. The lowest BCUT2D eigenvalue weighted by atomic mass is 9.97. The van der Waals surface area contributed by atoms with Crippen LogP contribution in [0.2, 0.25) is 0 Å². The summed E-state index contributed by atoms with van der Waals surface area (Å²) in [5, 5.41) is 0. The van der Waals surface area contributed by atoms with Crippen molar-refractivity contribution < 1.29 is 28.5 Å². The lowest BCUT2D eigenvalue weighted by Crippen LogP contribution is -2.49. The number of ether oxygens (including phenoxy) is 4. The highest BCUT2D eigenvalue weighted by Crippen LogP contribution is 2.28. The molecule has 0 aliphatic heterocycles. The average Bonchev–Trinajstić information content (AvgIpc) is 2.60. The Bertz CT molecular complexity index is 349. The maximum atomic E-state index is 11.0. The van der Waals surface area contributed by atoms with Crippen molar-refractivity contribution in [2.75, 3.05) is 13.2 Å². The van der Waals surface area contributed by atoms with E-state index in [1.165, 1.54) is 12.8 Å². The Balaban J connectivity index is 1.96. The Labute approximate surface area is 137 Å². The largest absolute Gasteiger partial charge is 0.461 e. The summed E-state index contributed by atoms with van der Waals surface area (Å²) < 4.78 is 22.1. The van der Waals surface area contributed by atoms with Crippen molar-refractivity contribution >= 4 is 12.9 Å². The third-order valence-corrected chi connectivity index (χ3v) is 4.66. The van der Waals surface area contributed by atoms with Gasteiger partial charge in [0.25, 0.3) is 18.7 Å². The minimum Gasteiger partial charge on any atom is -0.461 e. The fraction of sp³-hybridized carbons (Fsp3) is 0.882. The second-order valence-corrected chi connectivity index (χ2v) is 6.48. The number of hydrogen-bond acceptors (Lipinski definition) is 6. The van der Waals surface area contributed by atoms with Gasteiger partial charge >= 0.3 is 0 Å². The summed E-state index contributed by atoms with van der Waals surface area (Å²) in [5.74, 6) is -1.33. The molecule has 0 saturated heterocycles. The molecule has 0 heterocycles. The van der Waals surface area contributed by atoms with Crippen LogP contribution in [0, 0.1) is 0 Å². The third kappa shape index (κ3) is 6.11. The fourth-order valence-corrected chi connectivity index (χ4v) is 3.42. The SMILES string of the molecule is O=COCC(COC1CCCCC1)(OC=O)OC1CCCCC1. The van der Waals surface area contributed by atoms with Crippen LogP contribution in [-0.2, 0) is 28.5 Å². The molecule has 0 N–H and O–H groups in total. The first kappa shape index (κ1) is 18.2. The topological polar surface area (TPSA) is 71.1 Å². The van der Waals surface area contributed by atoms with Gasteiger partial charge in [0.15, 0.2) is 6.61 Å². The monoisotopic (exact) mass is 328 g/mol. The first-order chi connectivity index (χ1) is 11.3. The summed E-state index contributed by atoms with van der Waals surface area (Å²) in [6.45, 7) is 0.647. The lowest BCUT2D eigenvalue weighted by molar-refractivity contribution is -0.284. The predicted molar refractivity (Wildman–Crippen MR) is 82.7 cm³/mol. The molecule has 2 rings (SSSR count). The maximum Gasteiger partial charge on any atom is 0.295 e. The quantitative estimate of drug-likeness (QED) is 0.453. The average molecular weight is 328 g/mol. The van der Waals surface area contributed by atoms with E-state index in [9.17, 15) is 9.59 Å². The molecule has 2 fully saturated rings. The molecule has 0 bridgehead atoms. The van der Waals surface area contributed by atoms with Crippen molar-refractivity contribution in [3.63, 3.8) is 0 Å². The summed E-state index contributed by atoms with van der Waals surface area (Å²) in [4.78, 5) is 21.6. The van der Waals surface area contributed by atoms with Crippen molar-refractivity contribution in [1.29, 1.82) is 0 Å². The molecule has 132 valence electrons. The van der Waals surface area contributed by atoms with Crippen LogP contribution in [0.4, 0.5) is 0 Å². The minimum atomic E-state index is -1.33. The van der Waals surface area contributed by atoms with E-state index < -0.39 is 5.79 Å². The number of carbonyl (C=O) groups excluding carboxylic acids is 2. The van der Waals surface area contributed by atoms with Gasteiger partial charge in [-0.1, -0.05) is 38.5 Å². The summed E-state index contributed by atoms with van der Waals surface area (Å²) in [6.07, 6.45) is 11.0. The lowest BCUT2D eigenvalue weighted by Gasteiger charge is -2.36. The van der Waals surface area contributed by atoms with E-state index in [1.807, 2.05) is 0 Å². The second-order valence-electron chi connectivity index (χ2n) is 6.48. The molecule has 1 unspecified atom stereocenters. The molecule has 2 aliphatic rings. The molecule has 0 spiro atoms. The number of rotatable bonds is 10. The number of carbonyl (C=O) groups is 2. The Morgan fingerprint density at radius 2 is 1.39 bits per heavy atom. The highest BCUT2D eigenvalue weighted by atomic mass is 16.7. The first-order valence-electron chi connectivity index (χ1n) is 8.74. The van der Waals surface area contributed by atoms with E-state index in [0.29, 0.717) is 12.9 Å². The molecule has 6 nitrogen and oxygen atoms in total. The van der Waals surface area contributed by atoms with Crippen LogP contribution in [-0.4, -0.2) is 44.2 Å². The standard InChI is InChI=1S/C17H28O6/c18-13-20-11-17(22-14-19,23-16-9-5-2-6-10-16)12-21-15-7-3-1-4-8-15/h13-16H,1-12H2. The van der Waals surface area contributed by atoms with Gasteiger partial charge in [0.1, 0.15) is 6.61 Å². The zero-order valence-electron chi connectivity index (χ0n) is 13.7. The normalized spacial score (nSPS) is 23.0. The van der Waals surface area contributed by atoms with E-state index in [0.717, 1.165) is 51.4 Å². The van der Waals surface area contributed by atoms with Crippen molar-refractivity contribution in [3.05, 3.63) is 0 Å². The molecule has 0 aromatic rings. The summed E-state index contributed by atoms with van der Waals surface area (Å²) in [5.41, 5.74) is 0. The minimum absolute atomic E-state index is 0.00825. The molecule has 1 atom stereocenters. The van der Waals surface area contributed by atoms with E-state index in [1.54, 1.807) is 0 Å². The van der Waals surface area contributed by atoms with Gasteiger partial charge in [-0.2, -0.15) is 0 Å². The van der Waals surface area contributed by atoms with Gasteiger partial charge in [0.05, 0.1) is 12.2 Å². The van der Waals surface area contributed by atoms with E-state index >= 15 is 0 Å². The third-order valence-electron chi connectivity index (χ3n) is 4.66. The van der Waals surface area contributed by atoms with Gasteiger partial charge in [-0.3, -0.25) is 9.59 Å². The number of hydrogen-bond donors (Lipinski definition) is 0. The molecular formula is C17H28O6. The summed E-state index contributed by atoms with van der Waals surface area (Å²) >= 11 is 0. The van der Waals surface area contributed by atoms with E-state index in [4.69, 9.17) is 18.9 Å². The fourth-order valence-electron chi connectivity index (χ4n) is 3.42. The Morgan fingerprint density at radius 1 is 0.783 bits per heavy atom. The van der Waals surface area contributed by atoms with Crippen LogP contribution in [0.5, 0.6) is 0 Å². The zero-order chi connectivity index (χ0) is 16.4. The van der Waals surface area contributed by atoms with Crippen LogP contribution in [0.3, 0.4) is 0 Å². The van der Waals surface area contributed by atoms with Crippen LogP contribution in [0.1, 0.15) is 64.2 Å². The molecule has 6 heteroatoms. The highest BCUT2D eigenvalue weighted by Gasteiger charge is 2.39. The molecule has 0 radical (unpaired) electrons. The molecule has 0 aromatic heterocycles. The second kappa shape index (κ2) is 9.88. The van der Waals surface area contributed by atoms with Crippen molar-refractivity contribution in [1.82, 2.24) is 0 Å². The molecule has 0 amide bonds. The van der Waals surface area contributed by atoms with Crippen molar-refractivity contribution in [3.8, 4) is 0 Å². The molecule has 23 heavy (non-hydrogen) atoms. The summed E-state index contributed by atoms with van der Waals surface area (Å²) in [7, 11) is 0. The van der Waals surface area contributed by atoms with Crippen LogP contribution >= 0.6 is 0 Å². The van der Waals surface area contributed by atoms with Gasteiger partial charge in [0, 0.05) is 0 Å². The molecule has 2 saturated carbocycles. The maximum absolute atomic E-state index is 11.0. The predicted octanol–water partition coefficient (Wildman–Crippen LogP) is 2.73. The van der Waals surface area contributed by atoms with Gasteiger partial charge < -0.3 is 18.9 Å². The van der Waals surface area contributed by atoms with Crippen LogP contribution < -0.4 is 0 Å². The van der Waals surface area contributed by atoms with E-state index in [2.05, 4.69) is 0 Å². The van der Waals surface area contributed by atoms with Crippen LogP contribution in [0.15, 0.2) is 0 Å². The van der Waals surface area contributed by atoms with E-state index in [-0.39, 0.29) is 25.4 Å². The summed E-state index contributed by atoms with van der Waals surface area (Å²) in [6, 6.07) is 0. The van der Waals surface area contributed by atoms with Gasteiger partial charge in [-0.25, -0.2) is 0 Å². The zero-order valence-corrected chi connectivity index (χ0v) is 13.7.